The van der Waals surface area contributed by atoms with E-state index in [-0.39, 0.29) is 24.9 Å². The van der Waals surface area contributed by atoms with Crippen LogP contribution in [0.2, 0.25) is 0 Å². The Labute approximate surface area is 161 Å². The molecule has 146 valence electrons. The lowest BCUT2D eigenvalue weighted by Crippen LogP contribution is -3.09. The van der Waals surface area contributed by atoms with Crippen LogP contribution in [0.3, 0.4) is 0 Å². The second-order valence-corrected chi connectivity index (χ2v) is 7.60. The van der Waals surface area contributed by atoms with Gasteiger partial charge in [0, 0.05) is 28.7 Å². The largest absolute Gasteiger partial charge is 0.462 e. The van der Waals surface area contributed by atoms with E-state index in [9.17, 15) is 14.0 Å². The van der Waals surface area contributed by atoms with Crippen LogP contribution in [-0.2, 0) is 20.8 Å². The molecule has 1 amide bonds. The number of halogens is 1. The van der Waals surface area contributed by atoms with Crippen molar-refractivity contribution in [2.75, 3.05) is 46.5 Å². The van der Waals surface area contributed by atoms with E-state index in [4.69, 9.17) is 9.47 Å². The maximum Gasteiger partial charge on any atom is 0.348 e. The first kappa shape index (κ1) is 19.7. The Morgan fingerprint density at radius 1 is 1.33 bits per heavy atom. The molecule has 0 radical (unpaired) electrons. The summed E-state index contributed by atoms with van der Waals surface area (Å²) in [5.41, 5.74) is 0.610. The second kappa shape index (κ2) is 8.77. The number of ether oxygens (including phenoxy) is 2. The van der Waals surface area contributed by atoms with E-state index < -0.39 is 5.97 Å². The highest BCUT2D eigenvalue weighted by atomic mass is 32.1. The van der Waals surface area contributed by atoms with Gasteiger partial charge in [0.1, 0.15) is 17.2 Å². The first-order valence-electron chi connectivity index (χ1n) is 9.05. The number of nitrogens with zero attached hydrogens (tertiary/aromatic N) is 1. The number of hydrogen-bond acceptors (Lipinski definition) is 5. The van der Waals surface area contributed by atoms with Gasteiger partial charge in [-0.25, -0.2) is 9.18 Å². The van der Waals surface area contributed by atoms with Crippen molar-refractivity contribution >= 4 is 33.3 Å². The van der Waals surface area contributed by atoms with E-state index >= 15 is 0 Å². The van der Waals surface area contributed by atoms with Gasteiger partial charge in [-0.05, 0) is 19.1 Å². The standard InChI is InChI=1S/C19H23FN2O4S/c1-3-26-19(24)18-13(17-14(20)5-4-6-15(17)27-18)11-21(2)12-16(23)22-7-9-25-10-8-22/h4-6H,3,7-12H2,1-2H3/p+1. The zero-order valence-corrected chi connectivity index (χ0v) is 16.4. The van der Waals surface area contributed by atoms with Crippen molar-refractivity contribution in [1.29, 1.82) is 0 Å². The lowest BCUT2D eigenvalue weighted by molar-refractivity contribution is -0.885. The number of nitrogens with one attached hydrogen (secondary N) is 1. The fourth-order valence-corrected chi connectivity index (χ4v) is 4.37. The molecule has 1 saturated heterocycles. The molecule has 1 N–H and O–H groups in total. The lowest BCUT2D eigenvalue weighted by atomic mass is 10.1. The molecule has 1 fully saturated rings. The number of fused-ring (bicyclic) bond motifs is 1. The fourth-order valence-electron chi connectivity index (χ4n) is 3.24. The molecule has 6 nitrogen and oxygen atoms in total. The zero-order chi connectivity index (χ0) is 19.4. The predicted octanol–water partition coefficient (Wildman–Crippen LogP) is 1.09. The average Bonchev–Trinajstić information content (AvgIpc) is 3.02. The Hall–Kier alpha value is -2.03. The van der Waals surface area contributed by atoms with E-state index in [1.807, 2.05) is 7.05 Å². The minimum atomic E-state index is -0.444. The number of esters is 1. The van der Waals surface area contributed by atoms with Gasteiger partial charge in [0.25, 0.3) is 5.91 Å². The maximum absolute atomic E-state index is 14.5. The van der Waals surface area contributed by atoms with Crippen LogP contribution < -0.4 is 4.90 Å². The summed E-state index contributed by atoms with van der Waals surface area (Å²) in [7, 11) is 1.87. The quantitative estimate of drug-likeness (QED) is 0.744. The number of carbonyl (C=O) groups excluding carboxylic acids is 2. The molecule has 1 atom stereocenters. The van der Waals surface area contributed by atoms with Crippen molar-refractivity contribution in [3.63, 3.8) is 0 Å². The fraction of sp³-hybridized carbons (Fsp3) is 0.474. The molecule has 1 aliphatic rings. The monoisotopic (exact) mass is 395 g/mol. The van der Waals surface area contributed by atoms with Crippen molar-refractivity contribution in [3.8, 4) is 0 Å². The molecule has 2 heterocycles. The Morgan fingerprint density at radius 3 is 2.78 bits per heavy atom. The third kappa shape index (κ3) is 4.45. The number of thiophene rings is 1. The lowest BCUT2D eigenvalue weighted by Gasteiger charge is -2.27. The normalized spacial score (nSPS) is 15.7. The molecule has 27 heavy (non-hydrogen) atoms. The first-order valence-corrected chi connectivity index (χ1v) is 9.86. The van der Waals surface area contributed by atoms with Crippen molar-refractivity contribution in [3.05, 3.63) is 34.5 Å². The van der Waals surface area contributed by atoms with Gasteiger partial charge in [-0.3, -0.25) is 4.79 Å². The molecule has 1 aliphatic heterocycles. The molecule has 0 spiro atoms. The third-order valence-corrected chi connectivity index (χ3v) is 5.70. The van der Waals surface area contributed by atoms with E-state index in [0.717, 1.165) is 4.90 Å². The van der Waals surface area contributed by atoms with E-state index in [2.05, 4.69) is 0 Å². The summed E-state index contributed by atoms with van der Waals surface area (Å²) < 4.78 is 25.6. The van der Waals surface area contributed by atoms with Crippen LogP contribution in [0.5, 0.6) is 0 Å². The number of hydrogen-bond donors (Lipinski definition) is 1. The molecular weight excluding hydrogens is 371 g/mol. The summed E-state index contributed by atoms with van der Waals surface area (Å²) >= 11 is 1.24. The Kier molecular flexibility index (Phi) is 6.41. The Morgan fingerprint density at radius 2 is 2.07 bits per heavy atom. The summed E-state index contributed by atoms with van der Waals surface area (Å²) in [5.74, 6) is -0.768. The maximum atomic E-state index is 14.5. The van der Waals surface area contributed by atoms with Crippen LogP contribution in [-0.4, -0.2) is 63.3 Å². The van der Waals surface area contributed by atoms with Crippen molar-refractivity contribution in [2.45, 2.75) is 13.5 Å². The minimum absolute atomic E-state index is 0.0356. The van der Waals surface area contributed by atoms with Gasteiger partial charge in [0.2, 0.25) is 0 Å². The summed E-state index contributed by atoms with van der Waals surface area (Å²) in [4.78, 5) is 27.9. The molecule has 1 aromatic heterocycles. The number of carbonyl (C=O) groups is 2. The Bertz CT molecular complexity index is 832. The molecule has 1 aromatic carbocycles. The summed E-state index contributed by atoms with van der Waals surface area (Å²) in [6, 6.07) is 4.82. The van der Waals surface area contributed by atoms with Crippen LogP contribution >= 0.6 is 11.3 Å². The summed E-state index contributed by atoms with van der Waals surface area (Å²) in [6.45, 7) is 4.93. The highest BCUT2D eigenvalue weighted by Crippen LogP contribution is 2.33. The molecule has 0 aliphatic carbocycles. The van der Waals surface area contributed by atoms with Crippen LogP contribution in [0.15, 0.2) is 18.2 Å². The smallest absolute Gasteiger partial charge is 0.348 e. The van der Waals surface area contributed by atoms with E-state index in [1.165, 1.54) is 17.4 Å². The number of likely N-dealkylation sites (N-methyl/N-ethyl adjacent to an activating group) is 1. The van der Waals surface area contributed by atoms with E-state index in [1.54, 1.807) is 24.0 Å². The summed E-state index contributed by atoms with van der Waals surface area (Å²) in [5, 5.41) is 0.448. The van der Waals surface area contributed by atoms with Gasteiger partial charge >= 0.3 is 5.97 Å². The van der Waals surface area contributed by atoms with Gasteiger partial charge in [0.15, 0.2) is 6.54 Å². The zero-order valence-electron chi connectivity index (χ0n) is 15.5. The van der Waals surface area contributed by atoms with Gasteiger partial charge < -0.3 is 19.3 Å². The highest BCUT2D eigenvalue weighted by Gasteiger charge is 2.26. The molecule has 3 rings (SSSR count). The second-order valence-electron chi connectivity index (χ2n) is 6.55. The topological polar surface area (TPSA) is 60.3 Å². The van der Waals surface area contributed by atoms with Crippen LogP contribution in [0.1, 0.15) is 22.2 Å². The molecule has 0 saturated carbocycles. The molecule has 8 heteroatoms. The van der Waals surface area contributed by atoms with Crippen molar-refractivity contribution in [2.24, 2.45) is 0 Å². The van der Waals surface area contributed by atoms with Crippen LogP contribution in [0, 0.1) is 5.82 Å². The number of amides is 1. The van der Waals surface area contributed by atoms with Crippen LogP contribution in [0.4, 0.5) is 4.39 Å². The first-order chi connectivity index (χ1) is 13.0. The average molecular weight is 395 g/mol. The number of benzene rings is 1. The van der Waals surface area contributed by atoms with E-state index in [0.29, 0.717) is 53.4 Å². The summed E-state index contributed by atoms with van der Waals surface area (Å²) in [6.07, 6.45) is 0. The molecule has 2 aromatic rings. The van der Waals surface area contributed by atoms with Crippen molar-refractivity contribution < 1.29 is 28.4 Å². The third-order valence-electron chi connectivity index (χ3n) is 4.52. The molecule has 0 bridgehead atoms. The van der Waals surface area contributed by atoms with Gasteiger partial charge in [-0.2, -0.15) is 0 Å². The molecule has 1 unspecified atom stereocenters. The van der Waals surface area contributed by atoms with Gasteiger partial charge in [-0.1, -0.05) is 6.07 Å². The number of rotatable bonds is 6. The van der Waals surface area contributed by atoms with Gasteiger partial charge in [0.05, 0.1) is 26.9 Å². The number of morpholine rings is 1. The van der Waals surface area contributed by atoms with Gasteiger partial charge in [-0.15, -0.1) is 11.3 Å². The highest BCUT2D eigenvalue weighted by molar-refractivity contribution is 7.21. The van der Waals surface area contributed by atoms with Crippen LogP contribution in [0.25, 0.3) is 10.1 Å². The van der Waals surface area contributed by atoms with Crippen molar-refractivity contribution in [1.82, 2.24) is 4.90 Å². The number of quaternary nitrogens is 1. The SMILES string of the molecule is CCOC(=O)c1sc2cccc(F)c2c1C[NH+](C)CC(=O)N1CCOCC1. The predicted molar refractivity (Wildman–Crippen MR) is 101 cm³/mol. The Balaban J connectivity index is 1.82. The minimum Gasteiger partial charge on any atom is -0.462 e. The molecular formula is C19H24FN2O4S+.